The number of aliphatic hydroxyl groups excluding tert-OH is 2. The fraction of sp³-hybridized carbons (Fsp3) is 0.951. The number of fused-ring (bicyclic) bond motifs is 3. The van der Waals surface area contributed by atoms with Gasteiger partial charge in [0, 0.05) is 77.0 Å². The second-order valence-corrected chi connectivity index (χ2v) is 25.8. The van der Waals surface area contributed by atoms with E-state index in [1.807, 2.05) is 20.8 Å². The van der Waals surface area contributed by atoms with E-state index in [2.05, 4.69) is 34.6 Å². The molecule has 4 aliphatic carbocycles. The largest absolute Gasteiger partial charge is 0.481 e. The summed E-state index contributed by atoms with van der Waals surface area (Å²) in [4.78, 5) is 33.4. The average molecular weight is 1220 g/mol. The minimum atomic E-state index is -1.19. The van der Waals surface area contributed by atoms with E-state index in [1.165, 1.54) is 51.4 Å². The molecule has 21 N–H and O–H groups in total. The molecule has 4 saturated carbocycles. The molecule has 23 atom stereocenters. The number of aliphatic carboxylic acids is 2. The Bertz CT molecular complexity index is 1750. The number of methoxy groups -OCH3 is 1. The Morgan fingerprint density at radius 3 is 1.33 bits per heavy atom. The normalized spacial score (nSPS) is 37.0. The van der Waals surface area contributed by atoms with Gasteiger partial charge in [0.05, 0.1) is 18.8 Å². The fourth-order valence-electron chi connectivity index (χ4n) is 16.6. The quantitative estimate of drug-likeness (QED) is 0.145. The van der Waals surface area contributed by atoms with Crippen LogP contribution < -0.4 is 0 Å². The van der Waals surface area contributed by atoms with Crippen molar-refractivity contribution in [1.82, 2.24) is 0 Å². The summed E-state index contributed by atoms with van der Waals surface area (Å²) in [5.74, 6) is 7.15. The van der Waals surface area contributed by atoms with Crippen molar-refractivity contribution in [2.45, 2.75) is 196 Å². The zero-order valence-corrected chi connectivity index (χ0v) is 52.4. The molecule has 5 saturated heterocycles. The standard InChI is InChI=1S/C18H30O6.C15H26O3.C14H26O3.C14H24O3.8H2O/c1-11-5-6-14(15-10-23-9-3-4-13(11)15)12(2)18(22)24-17(21)8-7-16(19)20;1-9-6-7-12-10(2)14(16-3)18-15-13(12)11(9)5-4-8-17-15;2*1-9-5-6-12(10(2)14(15)16)13-8-17-7-3-4-11(9)13;;;;;;;;/h11-15,18,22H,3-10H2,1-2H3,(H,19,20);9-15H,4-8H2,1-3H3;9-16H,3-8H2,1-2H3;9-13H,3-8H2,1-2H3,(H,15,16);8*1H2/t11?,12-,13+,14+,15?,18+;9?,10-,11+,12+,13?,14+,15+;2*9?,10-,11+,12+,13?;;;;;;;;/m1111......../s1. The summed E-state index contributed by atoms with van der Waals surface area (Å²) < 4.78 is 39.8. The van der Waals surface area contributed by atoms with Crippen LogP contribution in [0, 0.1) is 118 Å². The zero-order valence-electron chi connectivity index (χ0n) is 52.4. The Morgan fingerprint density at radius 2 is 0.893 bits per heavy atom. The molecule has 23 nitrogen and oxygen atoms in total. The van der Waals surface area contributed by atoms with Gasteiger partial charge in [-0.3, -0.25) is 14.4 Å². The highest BCUT2D eigenvalue weighted by molar-refractivity contribution is 5.76. The summed E-state index contributed by atoms with van der Waals surface area (Å²) in [6, 6.07) is 0. The van der Waals surface area contributed by atoms with Crippen molar-refractivity contribution in [2.24, 2.45) is 118 Å². The lowest BCUT2D eigenvalue weighted by molar-refractivity contribution is -0.321. The molecule has 0 aromatic heterocycles. The van der Waals surface area contributed by atoms with Gasteiger partial charge in [-0.05, 0) is 166 Å². The third-order valence-electron chi connectivity index (χ3n) is 21.4. The fourth-order valence-corrected chi connectivity index (χ4v) is 16.6. The maximum Gasteiger partial charge on any atom is 0.308 e. The molecule has 5 heterocycles. The molecule has 23 heteroatoms. The maximum atomic E-state index is 11.7. The van der Waals surface area contributed by atoms with Crippen LogP contribution in [-0.4, -0.2) is 166 Å². The van der Waals surface area contributed by atoms with Crippen LogP contribution in [0.4, 0.5) is 0 Å². The number of carboxylic acids is 2. The number of esters is 1. The Balaban J connectivity index is -0.00000102. The number of aliphatic hydroxyl groups is 3. The Labute approximate surface area is 501 Å². The summed E-state index contributed by atoms with van der Waals surface area (Å²) in [6.45, 7) is 23.1. The van der Waals surface area contributed by atoms with Crippen LogP contribution in [0.2, 0.25) is 0 Å². The molecule has 9 fully saturated rings. The van der Waals surface area contributed by atoms with Gasteiger partial charge in [-0.15, -0.1) is 0 Å². The third kappa shape index (κ3) is 22.6. The third-order valence-corrected chi connectivity index (χ3v) is 21.4. The molecule has 8 unspecified atom stereocenters. The minimum absolute atomic E-state index is 0. The molecule has 0 spiro atoms. The van der Waals surface area contributed by atoms with E-state index in [1.54, 1.807) is 7.11 Å². The molecule has 9 rings (SSSR count). The second-order valence-electron chi connectivity index (χ2n) is 25.8. The number of carbonyl (C=O) groups excluding carboxylic acids is 1. The van der Waals surface area contributed by atoms with Gasteiger partial charge >= 0.3 is 17.9 Å². The first-order valence-corrected chi connectivity index (χ1v) is 30.6. The zero-order chi connectivity index (χ0) is 55.2. The van der Waals surface area contributed by atoms with Gasteiger partial charge < -0.3 is 103 Å². The summed E-state index contributed by atoms with van der Waals surface area (Å²) >= 11 is 0. The van der Waals surface area contributed by atoms with Crippen LogP contribution in [0.5, 0.6) is 0 Å². The molecule has 84 heavy (non-hydrogen) atoms. The first-order valence-electron chi connectivity index (χ1n) is 30.6. The molecule has 0 aromatic carbocycles. The van der Waals surface area contributed by atoms with Crippen LogP contribution in [-0.2, 0) is 47.5 Å². The van der Waals surface area contributed by atoms with E-state index in [-0.39, 0.29) is 92.9 Å². The predicted molar refractivity (Wildman–Crippen MR) is 317 cm³/mol. The summed E-state index contributed by atoms with van der Waals surface area (Å²) in [5.41, 5.74) is 0. The van der Waals surface area contributed by atoms with Crippen LogP contribution in [0.1, 0.15) is 171 Å². The second kappa shape index (κ2) is 41.9. The Kier molecular flexibility index (Phi) is 42.8. The van der Waals surface area contributed by atoms with Crippen molar-refractivity contribution in [2.75, 3.05) is 53.4 Å². The molecule has 504 valence electrons. The molecule has 0 aromatic rings. The van der Waals surface area contributed by atoms with Crippen LogP contribution in [0.3, 0.4) is 0 Å². The van der Waals surface area contributed by atoms with E-state index < -0.39 is 30.5 Å². The van der Waals surface area contributed by atoms with Gasteiger partial charge in [0.25, 0.3) is 0 Å². The smallest absolute Gasteiger partial charge is 0.308 e. The average Bonchev–Trinajstić information content (AvgIpc) is 4.18. The number of carboxylic acid groups (broad SMARTS) is 2. The Morgan fingerprint density at radius 1 is 0.488 bits per heavy atom. The molecular weight excluding hydrogens is 1100 g/mol. The number of hydrogen-bond acceptors (Lipinski definition) is 13. The van der Waals surface area contributed by atoms with Crippen LogP contribution in [0.15, 0.2) is 0 Å². The van der Waals surface area contributed by atoms with Gasteiger partial charge in [-0.1, -0.05) is 81.1 Å². The minimum Gasteiger partial charge on any atom is -0.481 e. The Hall–Kier alpha value is -2.27. The van der Waals surface area contributed by atoms with Crippen molar-refractivity contribution >= 4 is 17.9 Å². The molecule has 0 radical (unpaired) electrons. The van der Waals surface area contributed by atoms with Crippen LogP contribution in [0.25, 0.3) is 0 Å². The van der Waals surface area contributed by atoms with Gasteiger partial charge in [0.15, 0.2) is 18.9 Å². The first-order chi connectivity index (χ1) is 36.3. The van der Waals surface area contributed by atoms with Crippen LogP contribution >= 0.6 is 0 Å². The lowest BCUT2D eigenvalue weighted by Gasteiger charge is -2.51. The lowest BCUT2D eigenvalue weighted by Crippen LogP contribution is -2.53. The van der Waals surface area contributed by atoms with Crippen molar-refractivity contribution < 1.29 is 117 Å². The van der Waals surface area contributed by atoms with E-state index in [0.29, 0.717) is 71.7 Å². The highest BCUT2D eigenvalue weighted by Gasteiger charge is 2.52. The van der Waals surface area contributed by atoms with Gasteiger partial charge in [-0.2, -0.15) is 0 Å². The lowest BCUT2D eigenvalue weighted by atomic mass is 9.61. The van der Waals surface area contributed by atoms with Crippen molar-refractivity contribution in [1.29, 1.82) is 0 Å². The van der Waals surface area contributed by atoms with E-state index in [9.17, 15) is 34.8 Å². The highest BCUT2D eigenvalue weighted by atomic mass is 16.8. The number of carbonyl (C=O) groups is 3. The molecular formula is C61H122O23. The maximum absolute atomic E-state index is 11.7. The van der Waals surface area contributed by atoms with E-state index in [4.69, 9.17) is 38.3 Å². The molecule has 0 bridgehead atoms. The monoisotopic (exact) mass is 1220 g/mol. The summed E-state index contributed by atoms with van der Waals surface area (Å²) in [5, 5.41) is 47.0. The van der Waals surface area contributed by atoms with Crippen molar-refractivity contribution in [3.8, 4) is 0 Å². The van der Waals surface area contributed by atoms with E-state index >= 15 is 0 Å². The van der Waals surface area contributed by atoms with Gasteiger partial charge in [0.1, 0.15) is 0 Å². The highest BCUT2D eigenvalue weighted by Crippen LogP contribution is 2.52. The van der Waals surface area contributed by atoms with Gasteiger partial charge in [0.2, 0.25) is 6.29 Å². The molecule has 5 aliphatic heterocycles. The van der Waals surface area contributed by atoms with Crippen molar-refractivity contribution in [3.05, 3.63) is 0 Å². The van der Waals surface area contributed by atoms with E-state index in [0.717, 1.165) is 121 Å². The number of hydrogen-bond donors (Lipinski definition) is 5. The predicted octanol–water partition coefficient (Wildman–Crippen LogP) is 3.70. The summed E-state index contributed by atoms with van der Waals surface area (Å²) in [7, 11) is 1.75. The summed E-state index contributed by atoms with van der Waals surface area (Å²) in [6.07, 6.45) is 15.9. The van der Waals surface area contributed by atoms with Gasteiger partial charge in [-0.25, -0.2) is 0 Å². The number of ether oxygens (including phenoxy) is 7. The molecule has 9 aliphatic rings. The first kappa shape index (κ1) is 85.9. The molecule has 0 amide bonds. The number of rotatable bonds is 11. The SMILES string of the molecule is CC1CC[C@@H]([C@@H](C)C(=O)O)C2COCCC[C@@H]12.CC1CC[C@@H]([C@@H](C)C(O)O)C2COCCC[C@@H]12.CC1CC[C@@H]([C@@H](C)[C@@H](O)OC(=O)CCC(=O)O)C2COCCC[C@@H]12.CO[C@H]1O[C@@H]2OCCC[C@H]3C(C)CC[C@H](C23)[C@H]1C.O.O.O.O.O.O.O.O. The topological polar surface area (TPSA) is 469 Å². The van der Waals surface area contributed by atoms with Crippen molar-refractivity contribution in [3.63, 3.8) is 0 Å².